The van der Waals surface area contributed by atoms with Gasteiger partial charge in [-0.15, -0.1) is 0 Å². The fraction of sp³-hybridized carbons (Fsp3) is 0.0476. The molecule has 0 saturated heterocycles. The Morgan fingerprint density at radius 1 is 0.783 bits per heavy atom. The van der Waals surface area contributed by atoms with Crippen LogP contribution in [0, 0.1) is 0 Å². The molecule has 0 spiro atoms. The Morgan fingerprint density at radius 2 is 1.48 bits per heavy atom. The van der Waals surface area contributed by atoms with Crippen LogP contribution in [0.25, 0.3) is 22.8 Å². The summed E-state index contributed by atoms with van der Waals surface area (Å²) in [5, 5.41) is 3.99. The Morgan fingerprint density at radius 3 is 2.22 bits per heavy atom. The third-order valence-electron chi connectivity index (χ3n) is 4.29. The smallest absolute Gasteiger partial charge is 0.0406 e. The van der Waals surface area contributed by atoms with Crippen LogP contribution in [0.1, 0.15) is 16.7 Å². The molecule has 0 saturated carbocycles. The molecule has 3 aromatic rings. The molecule has 1 nitrogen and oxygen atoms in total. The van der Waals surface area contributed by atoms with Gasteiger partial charge in [-0.05, 0) is 63.7 Å². The van der Waals surface area contributed by atoms with Crippen LogP contribution in [0.4, 0.5) is 5.69 Å². The second-order valence-corrected chi connectivity index (χ2v) is 6.10. The van der Waals surface area contributed by atoms with Gasteiger partial charge in [0.25, 0.3) is 0 Å². The zero-order chi connectivity index (χ0) is 15.8. The summed E-state index contributed by atoms with van der Waals surface area (Å²) < 4.78 is 0. The molecule has 23 heavy (non-hydrogen) atoms. The zero-order valence-electron chi connectivity index (χ0n) is 12.8. The lowest BCUT2D eigenvalue weighted by molar-refractivity contribution is 1.50. The fourth-order valence-electron chi connectivity index (χ4n) is 3.14. The van der Waals surface area contributed by atoms with Crippen LogP contribution in [0.2, 0.25) is 5.02 Å². The first-order valence-electron chi connectivity index (χ1n) is 7.65. The van der Waals surface area contributed by atoms with Gasteiger partial charge in [0, 0.05) is 17.8 Å². The van der Waals surface area contributed by atoms with E-state index < -0.39 is 0 Å². The van der Waals surface area contributed by atoms with Crippen LogP contribution in [-0.2, 0) is 0 Å². The minimum absolute atomic E-state index is 0.761. The maximum Gasteiger partial charge on any atom is 0.0406 e. The molecular formula is C21H16ClN. The molecule has 112 valence electrons. The average molecular weight is 318 g/mol. The third kappa shape index (κ3) is 2.43. The second kappa shape index (κ2) is 5.60. The van der Waals surface area contributed by atoms with Crippen molar-refractivity contribution < 1.29 is 0 Å². The second-order valence-electron chi connectivity index (χ2n) is 5.67. The lowest BCUT2D eigenvalue weighted by Gasteiger charge is -2.06. The molecule has 2 heteroatoms. The van der Waals surface area contributed by atoms with Crippen LogP contribution in [0.3, 0.4) is 0 Å². The van der Waals surface area contributed by atoms with Gasteiger partial charge in [0.05, 0.1) is 0 Å². The lowest BCUT2D eigenvalue weighted by atomic mass is 10.0. The molecule has 1 aliphatic carbocycles. The Bertz CT molecular complexity index is 907. The quantitative estimate of drug-likeness (QED) is 0.481. The maximum absolute atomic E-state index is 6.00. The average Bonchev–Trinajstić information content (AvgIpc) is 2.90. The molecule has 0 radical (unpaired) electrons. The van der Waals surface area contributed by atoms with Crippen molar-refractivity contribution in [2.75, 3.05) is 12.4 Å². The minimum atomic E-state index is 0.761. The van der Waals surface area contributed by atoms with E-state index in [0.717, 1.165) is 16.3 Å². The van der Waals surface area contributed by atoms with Gasteiger partial charge in [-0.1, -0.05) is 54.1 Å². The molecule has 0 heterocycles. The standard InChI is InChI=1S/C21H16ClN/c1-23-16-10-11-19-17-4-2-3-5-18(17)20(21(19)13-16)12-14-6-8-15(22)9-7-14/h2-13,23H,1H3/b20-12+. The molecule has 1 N–H and O–H groups in total. The van der Waals surface area contributed by atoms with Crippen LogP contribution in [0.15, 0.2) is 66.7 Å². The van der Waals surface area contributed by atoms with Crippen LogP contribution < -0.4 is 5.32 Å². The molecule has 4 rings (SSSR count). The van der Waals surface area contributed by atoms with E-state index in [-0.39, 0.29) is 0 Å². The largest absolute Gasteiger partial charge is 0.388 e. The maximum atomic E-state index is 6.00. The molecule has 0 unspecified atom stereocenters. The Hall–Kier alpha value is -2.51. The van der Waals surface area contributed by atoms with Crippen LogP contribution in [0.5, 0.6) is 0 Å². The van der Waals surface area contributed by atoms with Gasteiger partial charge in [0.2, 0.25) is 0 Å². The van der Waals surface area contributed by atoms with Gasteiger partial charge < -0.3 is 5.32 Å². The van der Waals surface area contributed by atoms with Gasteiger partial charge in [0.15, 0.2) is 0 Å². The van der Waals surface area contributed by atoms with Crippen molar-refractivity contribution in [2.45, 2.75) is 0 Å². The topological polar surface area (TPSA) is 12.0 Å². The van der Waals surface area contributed by atoms with E-state index in [1.165, 1.54) is 27.8 Å². The number of anilines is 1. The highest BCUT2D eigenvalue weighted by atomic mass is 35.5. The highest BCUT2D eigenvalue weighted by Crippen LogP contribution is 2.45. The van der Waals surface area contributed by atoms with Gasteiger partial charge in [-0.25, -0.2) is 0 Å². The Balaban J connectivity index is 1.94. The van der Waals surface area contributed by atoms with Gasteiger partial charge in [-0.3, -0.25) is 0 Å². The molecule has 0 amide bonds. The third-order valence-corrected chi connectivity index (χ3v) is 4.54. The van der Waals surface area contributed by atoms with Crippen molar-refractivity contribution in [3.05, 3.63) is 88.4 Å². The van der Waals surface area contributed by atoms with Crippen LogP contribution in [-0.4, -0.2) is 7.05 Å². The monoisotopic (exact) mass is 317 g/mol. The predicted molar refractivity (Wildman–Crippen MR) is 99.8 cm³/mol. The summed E-state index contributed by atoms with van der Waals surface area (Å²) >= 11 is 6.00. The predicted octanol–water partition coefficient (Wildman–Crippen LogP) is 5.95. The van der Waals surface area contributed by atoms with Crippen molar-refractivity contribution in [1.29, 1.82) is 0 Å². The summed E-state index contributed by atoms with van der Waals surface area (Å²) in [6, 6.07) is 23.1. The number of rotatable bonds is 2. The first kappa shape index (κ1) is 14.1. The van der Waals surface area contributed by atoms with E-state index >= 15 is 0 Å². The Kier molecular flexibility index (Phi) is 3.44. The summed E-state index contributed by atoms with van der Waals surface area (Å²) in [7, 11) is 1.95. The SMILES string of the molecule is CNc1ccc2c(c1)/C(=C/c1ccc(Cl)cc1)c1ccccc1-2. The number of benzene rings is 3. The van der Waals surface area contributed by atoms with E-state index in [9.17, 15) is 0 Å². The van der Waals surface area contributed by atoms with E-state index in [1.807, 2.05) is 19.2 Å². The lowest BCUT2D eigenvalue weighted by Crippen LogP contribution is -1.89. The molecule has 1 aliphatic rings. The molecule has 3 aromatic carbocycles. The summed E-state index contributed by atoms with van der Waals surface area (Å²) in [5.41, 5.74) is 8.68. The van der Waals surface area contributed by atoms with Gasteiger partial charge >= 0.3 is 0 Å². The van der Waals surface area contributed by atoms with E-state index in [2.05, 4.69) is 66.0 Å². The highest BCUT2D eigenvalue weighted by Gasteiger charge is 2.23. The van der Waals surface area contributed by atoms with Crippen molar-refractivity contribution in [1.82, 2.24) is 0 Å². The molecule has 0 atom stereocenters. The number of nitrogens with one attached hydrogen (secondary N) is 1. The van der Waals surface area contributed by atoms with Crippen molar-refractivity contribution in [3.63, 3.8) is 0 Å². The van der Waals surface area contributed by atoms with Crippen molar-refractivity contribution in [3.8, 4) is 11.1 Å². The van der Waals surface area contributed by atoms with E-state index in [0.29, 0.717) is 0 Å². The summed E-state index contributed by atoms with van der Waals surface area (Å²) in [6.45, 7) is 0. The highest BCUT2D eigenvalue weighted by molar-refractivity contribution is 6.30. The van der Waals surface area contributed by atoms with E-state index in [1.54, 1.807) is 0 Å². The van der Waals surface area contributed by atoms with Gasteiger partial charge in [0.1, 0.15) is 0 Å². The summed E-state index contributed by atoms with van der Waals surface area (Å²) in [6.07, 6.45) is 2.24. The first-order chi connectivity index (χ1) is 11.3. The number of halogens is 1. The number of hydrogen-bond donors (Lipinski definition) is 1. The summed E-state index contributed by atoms with van der Waals surface area (Å²) in [5.74, 6) is 0. The zero-order valence-corrected chi connectivity index (χ0v) is 13.6. The van der Waals surface area contributed by atoms with Crippen LogP contribution >= 0.6 is 11.6 Å². The van der Waals surface area contributed by atoms with Crippen molar-refractivity contribution >= 4 is 28.9 Å². The number of fused-ring (bicyclic) bond motifs is 3. The fourth-order valence-corrected chi connectivity index (χ4v) is 3.26. The number of hydrogen-bond acceptors (Lipinski definition) is 1. The first-order valence-corrected chi connectivity index (χ1v) is 8.03. The Labute approximate surface area is 141 Å². The molecule has 0 aromatic heterocycles. The van der Waals surface area contributed by atoms with E-state index in [4.69, 9.17) is 11.6 Å². The molecule has 0 fully saturated rings. The minimum Gasteiger partial charge on any atom is -0.388 e. The summed E-state index contributed by atoms with van der Waals surface area (Å²) in [4.78, 5) is 0. The normalized spacial score (nSPS) is 13.7. The molecule has 0 aliphatic heterocycles. The molecule has 0 bridgehead atoms. The molecular weight excluding hydrogens is 302 g/mol. The van der Waals surface area contributed by atoms with Crippen molar-refractivity contribution in [2.24, 2.45) is 0 Å². The van der Waals surface area contributed by atoms with Gasteiger partial charge in [-0.2, -0.15) is 0 Å².